The van der Waals surface area contributed by atoms with E-state index >= 15 is 0 Å². The Hall–Kier alpha value is -3.26. The van der Waals surface area contributed by atoms with Crippen LogP contribution in [0.5, 0.6) is 0 Å². The van der Waals surface area contributed by atoms with Gasteiger partial charge in [0.15, 0.2) is 5.82 Å². The van der Waals surface area contributed by atoms with Gasteiger partial charge in [-0.25, -0.2) is 9.37 Å². The second-order valence-corrected chi connectivity index (χ2v) is 11.9. The van der Waals surface area contributed by atoms with Crippen LogP contribution in [0.15, 0.2) is 53.6 Å². The van der Waals surface area contributed by atoms with Gasteiger partial charge in [0.1, 0.15) is 6.10 Å². The minimum Gasteiger partial charge on any atom is -0.380 e. The van der Waals surface area contributed by atoms with E-state index in [9.17, 15) is 9.18 Å². The van der Waals surface area contributed by atoms with Gasteiger partial charge in [0.2, 0.25) is 5.95 Å². The SMILES string of the molecule is Cn1c(N2CCO[C@@H](c3ccc(NC45CC6CC(CC(C6)C4)C5)cc3)C2)nc(-c2ccncc2F)cc1=O. The molecule has 1 atom stereocenters. The number of hydrogen-bond acceptors (Lipinski definition) is 6. The molecule has 1 N–H and O–H groups in total. The van der Waals surface area contributed by atoms with Crippen LogP contribution in [0.3, 0.4) is 0 Å². The van der Waals surface area contributed by atoms with Gasteiger partial charge in [0, 0.05) is 42.6 Å². The predicted octanol–water partition coefficient (Wildman–Crippen LogP) is 4.94. The third kappa shape index (κ3) is 4.28. The number of benzene rings is 1. The van der Waals surface area contributed by atoms with Crippen LogP contribution in [0, 0.1) is 23.6 Å². The maximum absolute atomic E-state index is 14.4. The lowest BCUT2D eigenvalue weighted by Crippen LogP contribution is -2.54. The van der Waals surface area contributed by atoms with Crippen LogP contribution in [-0.2, 0) is 11.8 Å². The topological polar surface area (TPSA) is 72.3 Å². The van der Waals surface area contributed by atoms with E-state index in [4.69, 9.17) is 4.74 Å². The number of ether oxygens (including phenoxy) is 1. The molecule has 198 valence electrons. The first-order valence-corrected chi connectivity index (χ1v) is 13.9. The van der Waals surface area contributed by atoms with Gasteiger partial charge in [-0.1, -0.05) is 12.1 Å². The minimum absolute atomic E-state index is 0.143. The number of nitrogens with one attached hydrogen (secondary N) is 1. The molecule has 1 saturated heterocycles. The van der Waals surface area contributed by atoms with E-state index in [1.165, 1.54) is 61.0 Å². The zero-order chi connectivity index (χ0) is 25.9. The zero-order valence-corrected chi connectivity index (χ0v) is 21.8. The van der Waals surface area contributed by atoms with Crippen LogP contribution in [-0.4, -0.2) is 39.8 Å². The zero-order valence-electron chi connectivity index (χ0n) is 21.8. The van der Waals surface area contributed by atoms with E-state index in [0.717, 1.165) is 29.5 Å². The third-order valence-corrected chi connectivity index (χ3v) is 9.24. The molecule has 4 saturated carbocycles. The highest BCUT2D eigenvalue weighted by Crippen LogP contribution is 2.56. The van der Waals surface area contributed by atoms with Crippen molar-refractivity contribution in [1.29, 1.82) is 0 Å². The third-order valence-electron chi connectivity index (χ3n) is 9.24. The Morgan fingerprint density at radius 3 is 2.45 bits per heavy atom. The molecular formula is C30H34FN5O2. The molecule has 4 aliphatic carbocycles. The van der Waals surface area contributed by atoms with Gasteiger partial charge in [-0.15, -0.1) is 0 Å². The number of rotatable bonds is 5. The number of anilines is 2. The molecule has 1 aliphatic heterocycles. The summed E-state index contributed by atoms with van der Waals surface area (Å²) in [6, 6.07) is 11.6. The Labute approximate surface area is 222 Å². The molecule has 4 bridgehead atoms. The molecule has 3 aromatic rings. The summed E-state index contributed by atoms with van der Waals surface area (Å²) >= 11 is 0. The Morgan fingerprint density at radius 2 is 1.76 bits per heavy atom. The highest BCUT2D eigenvalue weighted by molar-refractivity contribution is 5.60. The molecule has 2 aromatic heterocycles. The molecule has 1 aromatic carbocycles. The smallest absolute Gasteiger partial charge is 0.255 e. The summed E-state index contributed by atoms with van der Waals surface area (Å²) in [5, 5.41) is 3.96. The fourth-order valence-electron chi connectivity index (χ4n) is 7.91. The Morgan fingerprint density at radius 1 is 1.05 bits per heavy atom. The number of aromatic nitrogens is 3. The van der Waals surface area contributed by atoms with E-state index in [1.54, 1.807) is 13.1 Å². The van der Waals surface area contributed by atoms with Crippen molar-refractivity contribution in [3.8, 4) is 11.3 Å². The summed E-state index contributed by atoms with van der Waals surface area (Å²) in [6.45, 7) is 1.68. The molecule has 7 nitrogen and oxygen atoms in total. The van der Waals surface area contributed by atoms with Crippen molar-refractivity contribution in [2.24, 2.45) is 24.8 Å². The van der Waals surface area contributed by atoms with Gasteiger partial charge in [-0.05, 0) is 80.0 Å². The number of morpholine rings is 1. The summed E-state index contributed by atoms with van der Waals surface area (Å²) < 4.78 is 22.1. The molecular weight excluding hydrogens is 481 g/mol. The first-order valence-electron chi connectivity index (χ1n) is 13.9. The second-order valence-electron chi connectivity index (χ2n) is 11.9. The first kappa shape index (κ1) is 23.8. The minimum atomic E-state index is -0.499. The van der Waals surface area contributed by atoms with Crippen molar-refractivity contribution in [2.75, 3.05) is 29.9 Å². The Bertz CT molecular complexity index is 1370. The molecule has 0 amide bonds. The quantitative estimate of drug-likeness (QED) is 0.519. The highest BCUT2D eigenvalue weighted by atomic mass is 19.1. The summed E-state index contributed by atoms with van der Waals surface area (Å²) in [5.41, 5.74) is 2.93. The molecule has 5 fully saturated rings. The van der Waals surface area contributed by atoms with Gasteiger partial charge >= 0.3 is 0 Å². The largest absolute Gasteiger partial charge is 0.380 e. The monoisotopic (exact) mass is 515 g/mol. The molecule has 8 heteroatoms. The van der Waals surface area contributed by atoms with Crippen LogP contribution >= 0.6 is 0 Å². The van der Waals surface area contributed by atoms with Gasteiger partial charge in [0.05, 0.1) is 25.0 Å². The number of halogens is 1. The number of nitrogens with zero attached hydrogens (tertiary/aromatic N) is 4. The van der Waals surface area contributed by atoms with Crippen LogP contribution in [0.4, 0.5) is 16.0 Å². The van der Waals surface area contributed by atoms with Gasteiger partial charge in [-0.2, -0.15) is 0 Å². The van der Waals surface area contributed by atoms with Gasteiger partial charge in [-0.3, -0.25) is 14.3 Å². The average molecular weight is 516 g/mol. The summed E-state index contributed by atoms with van der Waals surface area (Å²) in [6.07, 6.45) is 10.8. The van der Waals surface area contributed by atoms with E-state index in [1.807, 2.05) is 0 Å². The van der Waals surface area contributed by atoms with Crippen molar-refractivity contribution in [1.82, 2.24) is 14.5 Å². The standard InChI is InChI=1S/C30H34FN5O2/c1-35-28(37)13-26(24-6-7-32-17-25(24)31)33-29(35)36-8-9-38-27(18-36)22-2-4-23(5-3-22)34-30-14-19-10-20(15-30)12-21(11-19)16-30/h2-7,13,17,19-21,27,34H,8-12,14-16,18H2,1H3/t19?,20?,21?,27-,30?/m1/s1. The van der Waals surface area contributed by atoms with Crippen molar-refractivity contribution in [3.63, 3.8) is 0 Å². The summed E-state index contributed by atoms with van der Waals surface area (Å²) in [5.74, 6) is 2.74. The van der Waals surface area contributed by atoms with E-state index in [0.29, 0.717) is 31.3 Å². The lowest BCUT2D eigenvalue weighted by atomic mass is 9.53. The lowest BCUT2D eigenvalue weighted by molar-refractivity contribution is 0.0107. The van der Waals surface area contributed by atoms with E-state index < -0.39 is 5.82 Å². The molecule has 0 spiro atoms. The average Bonchev–Trinajstić information content (AvgIpc) is 2.90. The second kappa shape index (κ2) is 9.19. The number of hydrogen-bond donors (Lipinski definition) is 1. The molecule has 38 heavy (non-hydrogen) atoms. The van der Waals surface area contributed by atoms with Crippen LogP contribution in [0.2, 0.25) is 0 Å². The highest BCUT2D eigenvalue weighted by Gasteiger charge is 2.50. The van der Waals surface area contributed by atoms with Gasteiger partial charge < -0.3 is 15.0 Å². The van der Waals surface area contributed by atoms with E-state index in [2.05, 4.69) is 44.5 Å². The normalized spacial score (nSPS) is 30.0. The van der Waals surface area contributed by atoms with Crippen LogP contribution in [0.25, 0.3) is 11.3 Å². The van der Waals surface area contributed by atoms with Crippen molar-refractivity contribution in [2.45, 2.75) is 50.2 Å². The van der Waals surface area contributed by atoms with E-state index in [-0.39, 0.29) is 22.8 Å². The fourth-order valence-corrected chi connectivity index (χ4v) is 7.91. The van der Waals surface area contributed by atoms with Crippen molar-refractivity contribution < 1.29 is 9.13 Å². The maximum Gasteiger partial charge on any atom is 0.255 e. The fraction of sp³-hybridized carbons (Fsp3) is 0.500. The molecule has 3 heterocycles. The Kier molecular flexibility index (Phi) is 5.76. The van der Waals surface area contributed by atoms with Crippen molar-refractivity contribution in [3.05, 3.63) is 70.5 Å². The maximum atomic E-state index is 14.4. The van der Waals surface area contributed by atoms with Crippen LogP contribution < -0.4 is 15.8 Å². The number of pyridine rings is 1. The van der Waals surface area contributed by atoms with Gasteiger partial charge in [0.25, 0.3) is 5.56 Å². The van der Waals surface area contributed by atoms with Crippen molar-refractivity contribution >= 4 is 11.6 Å². The predicted molar refractivity (Wildman–Crippen MR) is 145 cm³/mol. The first-order chi connectivity index (χ1) is 18.4. The molecule has 0 unspecified atom stereocenters. The molecule has 5 aliphatic rings. The molecule has 8 rings (SSSR count). The summed E-state index contributed by atoms with van der Waals surface area (Å²) in [7, 11) is 1.70. The molecule has 0 radical (unpaired) electrons. The lowest BCUT2D eigenvalue weighted by Gasteiger charge is -2.57. The Balaban J connectivity index is 1.09. The van der Waals surface area contributed by atoms with Crippen LogP contribution in [0.1, 0.15) is 50.2 Å². The summed E-state index contributed by atoms with van der Waals surface area (Å²) in [4.78, 5) is 23.3.